The van der Waals surface area contributed by atoms with Crippen LogP contribution in [0.4, 0.5) is 11.4 Å². The highest BCUT2D eigenvalue weighted by Gasteiger charge is 2.33. The van der Waals surface area contributed by atoms with E-state index >= 15 is 0 Å². The van der Waals surface area contributed by atoms with Gasteiger partial charge in [-0.25, -0.2) is 0 Å². The molecule has 0 radical (unpaired) electrons. The zero-order chi connectivity index (χ0) is 14.9. The lowest BCUT2D eigenvalue weighted by molar-refractivity contribution is -0.384. The van der Waals surface area contributed by atoms with Gasteiger partial charge in [-0.15, -0.1) is 0 Å². The van der Waals surface area contributed by atoms with Crippen molar-refractivity contribution in [3.05, 3.63) is 33.9 Å². The van der Waals surface area contributed by atoms with Gasteiger partial charge in [-0.3, -0.25) is 14.9 Å². The van der Waals surface area contributed by atoms with Gasteiger partial charge in [0.2, 0.25) is 0 Å². The smallest absolute Gasteiger partial charge is 0.293 e. The van der Waals surface area contributed by atoms with Gasteiger partial charge in [-0.05, 0) is 37.8 Å². The first kappa shape index (κ1) is 14.3. The number of nitrogens with one attached hydrogen (secondary N) is 1. The van der Waals surface area contributed by atoms with E-state index in [9.17, 15) is 14.9 Å². The van der Waals surface area contributed by atoms with Gasteiger partial charge < -0.3 is 10.2 Å². The summed E-state index contributed by atoms with van der Waals surface area (Å²) >= 11 is 0. The van der Waals surface area contributed by atoms with Crippen molar-refractivity contribution in [3.63, 3.8) is 0 Å². The molecule has 108 valence electrons. The summed E-state index contributed by atoms with van der Waals surface area (Å²) in [5.74, 6) is 0.394. The molecule has 0 bridgehead atoms. The lowest BCUT2D eigenvalue weighted by Crippen LogP contribution is -2.36. The predicted molar refractivity (Wildman–Crippen MR) is 76.9 cm³/mol. The first-order chi connectivity index (χ1) is 9.45. The fourth-order valence-corrected chi connectivity index (χ4v) is 2.31. The number of carbonyl (C=O) groups excluding carboxylic acids is 1. The SMILES string of the molecule is CNc1ccc(C(=O)N(C)[C@@H](C)C2CC2)cc1[N+](=O)[O-]. The molecule has 0 aliphatic heterocycles. The predicted octanol–water partition coefficient (Wildman–Crippen LogP) is 2.51. The monoisotopic (exact) mass is 277 g/mol. The number of nitro benzene ring substituents is 1. The molecule has 0 saturated heterocycles. The summed E-state index contributed by atoms with van der Waals surface area (Å²) in [4.78, 5) is 24.6. The minimum Gasteiger partial charge on any atom is -0.383 e. The Labute approximate surface area is 117 Å². The number of anilines is 1. The molecule has 6 heteroatoms. The highest BCUT2D eigenvalue weighted by atomic mass is 16.6. The Morgan fingerprint density at radius 1 is 1.50 bits per heavy atom. The van der Waals surface area contributed by atoms with E-state index in [-0.39, 0.29) is 17.6 Å². The van der Waals surface area contributed by atoms with Crippen LogP contribution in [0.25, 0.3) is 0 Å². The fraction of sp³-hybridized carbons (Fsp3) is 0.500. The molecule has 1 aliphatic rings. The van der Waals surface area contributed by atoms with Crippen molar-refractivity contribution in [1.29, 1.82) is 0 Å². The molecule has 1 aromatic carbocycles. The lowest BCUT2D eigenvalue weighted by Gasteiger charge is -2.25. The van der Waals surface area contributed by atoms with Crippen molar-refractivity contribution in [2.45, 2.75) is 25.8 Å². The number of nitrogens with zero attached hydrogens (tertiary/aromatic N) is 2. The number of hydrogen-bond acceptors (Lipinski definition) is 4. The molecule has 1 fully saturated rings. The normalized spacial score (nSPS) is 15.6. The number of rotatable bonds is 5. The van der Waals surface area contributed by atoms with E-state index in [1.807, 2.05) is 6.92 Å². The summed E-state index contributed by atoms with van der Waals surface area (Å²) in [5.41, 5.74) is 0.681. The standard InChI is InChI=1S/C14H19N3O3/c1-9(10-4-5-10)16(3)14(18)11-6-7-12(15-2)13(8-11)17(19)20/h6-10,15H,4-5H2,1-3H3/t9-/m0/s1. The third-order valence-corrected chi connectivity index (χ3v) is 3.95. The summed E-state index contributed by atoms with van der Waals surface area (Å²) in [5, 5.41) is 13.8. The molecule has 1 amide bonds. The Hall–Kier alpha value is -2.11. The van der Waals surface area contributed by atoms with E-state index in [1.54, 1.807) is 31.1 Å². The van der Waals surface area contributed by atoms with Crippen LogP contribution in [0.2, 0.25) is 0 Å². The maximum atomic E-state index is 12.4. The van der Waals surface area contributed by atoms with Crippen molar-refractivity contribution in [2.75, 3.05) is 19.4 Å². The fourth-order valence-electron chi connectivity index (χ4n) is 2.31. The summed E-state index contributed by atoms with van der Waals surface area (Å²) in [6.07, 6.45) is 2.30. The van der Waals surface area contributed by atoms with Gasteiger partial charge in [0.25, 0.3) is 11.6 Å². The molecule has 2 rings (SSSR count). The molecule has 0 aromatic heterocycles. The Balaban J connectivity index is 2.25. The third kappa shape index (κ3) is 2.74. The molecule has 0 unspecified atom stereocenters. The summed E-state index contributed by atoms with van der Waals surface area (Å²) in [6, 6.07) is 4.70. The van der Waals surface area contributed by atoms with Gasteiger partial charge in [0.1, 0.15) is 5.69 Å². The van der Waals surface area contributed by atoms with Crippen LogP contribution >= 0.6 is 0 Å². The Bertz CT molecular complexity index is 540. The molecular weight excluding hydrogens is 258 g/mol. The summed E-state index contributed by atoms with van der Waals surface area (Å²) < 4.78 is 0. The third-order valence-electron chi connectivity index (χ3n) is 3.95. The van der Waals surface area contributed by atoms with Crippen molar-refractivity contribution < 1.29 is 9.72 Å². The van der Waals surface area contributed by atoms with E-state index < -0.39 is 4.92 Å². The average molecular weight is 277 g/mol. The van der Waals surface area contributed by atoms with E-state index in [2.05, 4.69) is 5.32 Å². The number of amides is 1. The maximum Gasteiger partial charge on any atom is 0.293 e. The van der Waals surface area contributed by atoms with Crippen LogP contribution in [-0.2, 0) is 0 Å². The topological polar surface area (TPSA) is 75.5 Å². The summed E-state index contributed by atoms with van der Waals surface area (Å²) in [7, 11) is 3.37. The van der Waals surface area contributed by atoms with Crippen LogP contribution in [0.5, 0.6) is 0 Å². The van der Waals surface area contributed by atoms with Gasteiger partial charge in [0.05, 0.1) is 4.92 Å². The Kier molecular flexibility index (Phi) is 3.92. The van der Waals surface area contributed by atoms with Crippen LogP contribution in [-0.4, -0.2) is 35.9 Å². The average Bonchev–Trinajstić information content (AvgIpc) is 3.28. The molecule has 1 N–H and O–H groups in total. The van der Waals surface area contributed by atoms with Crippen molar-refractivity contribution in [2.24, 2.45) is 5.92 Å². The molecule has 0 spiro atoms. The minimum absolute atomic E-state index is 0.0779. The molecule has 20 heavy (non-hydrogen) atoms. The van der Waals surface area contributed by atoms with Gasteiger partial charge in [0, 0.05) is 31.8 Å². The molecule has 6 nitrogen and oxygen atoms in total. The van der Waals surface area contributed by atoms with E-state index in [0.29, 0.717) is 17.2 Å². The van der Waals surface area contributed by atoms with E-state index in [4.69, 9.17) is 0 Å². The zero-order valence-corrected chi connectivity index (χ0v) is 11.9. The lowest BCUT2D eigenvalue weighted by atomic mass is 10.1. The van der Waals surface area contributed by atoms with Crippen molar-refractivity contribution >= 4 is 17.3 Å². The Morgan fingerprint density at radius 3 is 2.65 bits per heavy atom. The first-order valence-electron chi connectivity index (χ1n) is 6.69. The second-order valence-electron chi connectivity index (χ2n) is 5.23. The number of carbonyl (C=O) groups is 1. The zero-order valence-electron chi connectivity index (χ0n) is 11.9. The second kappa shape index (κ2) is 5.48. The van der Waals surface area contributed by atoms with Crippen LogP contribution in [0.1, 0.15) is 30.1 Å². The van der Waals surface area contributed by atoms with Gasteiger partial charge >= 0.3 is 0 Å². The van der Waals surface area contributed by atoms with Crippen molar-refractivity contribution in [1.82, 2.24) is 4.90 Å². The maximum absolute atomic E-state index is 12.4. The molecule has 1 aliphatic carbocycles. The molecule has 1 atom stereocenters. The molecular formula is C14H19N3O3. The summed E-state index contributed by atoms with van der Waals surface area (Å²) in [6.45, 7) is 2.02. The highest BCUT2D eigenvalue weighted by Crippen LogP contribution is 2.35. The highest BCUT2D eigenvalue weighted by molar-refractivity contribution is 5.95. The second-order valence-corrected chi connectivity index (χ2v) is 5.23. The first-order valence-corrected chi connectivity index (χ1v) is 6.69. The van der Waals surface area contributed by atoms with E-state index in [0.717, 1.165) is 12.8 Å². The Morgan fingerprint density at radius 2 is 2.15 bits per heavy atom. The van der Waals surface area contributed by atoms with Crippen LogP contribution in [0.3, 0.4) is 0 Å². The molecule has 1 aromatic rings. The number of benzene rings is 1. The van der Waals surface area contributed by atoms with Crippen LogP contribution < -0.4 is 5.32 Å². The van der Waals surface area contributed by atoms with Gasteiger partial charge in [-0.1, -0.05) is 0 Å². The number of nitro groups is 1. The minimum atomic E-state index is -0.479. The van der Waals surface area contributed by atoms with E-state index in [1.165, 1.54) is 6.07 Å². The van der Waals surface area contributed by atoms with Gasteiger partial charge in [0.15, 0.2) is 0 Å². The largest absolute Gasteiger partial charge is 0.383 e. The van der Waals surface area contributed by atoms with Crippen molar-refractivity contribution in [3.8, 4) is 0 Å². The van der Waals surface area contributed by atoms with Crippen LogP contribution in [0, 0.1) is 16.0 Å². The number of hydrogen-bond donors (Lipinski definition) is 1. The molecule has 0 heterocycles. The quantitative estimate of drug-likeness (QED) is 0.662. The van der Waals surface area contributed by atoms with Gasteiger partial charge in [-0.2, -0.15) is 0 Å². The molecule has 1 saturated carbocycles. The van der Waals surface area contributed by atoms with Crippen LogP contribution in [0.15, 0.2) is 18.2 Å².